The van der Waals surface area contributed by atoms with Gasteiger partial charge in [-0.25, -0.2) is 9.59 Å². The standard InChI is InChI=1S/C20H20N2O4S/c1-13(14-8-4-3-5-9-14)26-17(23)15-10-6-7-11-16(15)27-12-20(2)18(24)21-19(25)22-20/h3-11,13H,12H2,1-2H3,(H2,21,22,24,25)/t13-,20+/m0/s1. The SMILES string of the molecule is C[C@H](OC(=O)c1ccccc1SC[C@@]1(C)NC(=O)NC1=O)c1ccccc1. The highest BCUT2D eigenvalue weighted by Gasteiger charge is 2.42. The maximum atomic E-state index is 12.7. The summed E-state index contributed by atoms with van der Waals surface area (Å²) in [6.07, 6.45) is -0.380. The summed E-state index contributed by atoms with van der Waals surface area (Å²) in [5, 5.41) is 4.85. The predicted molar refractivity (Wildman–Crippen MR) is 103 cm³/mol. The van der Waals surface area contributed by atoms with E-state index in [0.717, 1.165) is 5.56 Å². The summed E-state index contributed by atoms with van der Waals surface area (Å²) >= 11 is 1.32. The monoisotopic (exact) mass is 384 g/mol. The van der Waals surface area contributed by atoms with Gasteiger partial charge in [0.1, 0.15) is 11.6 Å². The molecule has 3 rings (SSSR count). The van der Waals surface area contributed by atoms with Crippen molar-refractivity contribution in [1.82, 2.24) is 10.6 Å². The van der Waals surface area contributed by atoms with Crippen molar-refractivity contribution in [2.24, 2.45) is 0 Å². The summed E-state index contributed by atoms with van der Waals surface area (Å²) < 4.78 is 5.60. The van der Waals surface area contributed by atoms with Crippen molar-refractivity contribution >= 4 is 29.7 Å². The van der Waals surface area contributed by atoms with Gasteiger partial charge in [-0.15, -0.1) is 11.8 Å². The Kier molecular flexibility index (Phi) is 5.51. The molecule has 7 heteroatoms. The Hall–Kier alpha value is -2.80. The number of nitrogens with one attached hydrogen (secondary N) is 2. The number of thioether (sulfide) groups is 1. The van der Waals surface area contributed by atoms with Gasteiger partial charge in [-0.2, -0.15) is 0 Å². The van der Waals surface area contributed by atoms with Crippen LogP contribution in [-0.4, -0.2) is 29.2 Å². The van der Waals surface area contributed by atoms with E-state index in [9.17, 15) is 14.4 Å². The first kappa shape index (κ1) is 19.0. The number of rotatable bonds is 6. The second kappa shape index (κ2) is 7.84. The molecule has 27 heavy (non-hydrogen) atoms. The smallest absolute Gasteiger partial charge is 0.339 e. The van der Waals surface area contributed by atoms with Crippen LogP contribution in [0, 0.1) is 0 Å². The Balaban J connectivity index is 1.71. The van der Waals surface area contributed by atoms with Crippen molar-refractivity contribution in [2.45, 2.75) is 30.4 Å². The molecule has 0 aliphatic carbocycles. The number of hydrogen-bond donors (Lipinski definition) is 2. The number of imide groups is 1. The molecule has 3 amide bonds. The Morgan fingerprint density at radius 3 is 2.44 bits per heavy atom. The first-order chi connectivity index (χ1) is 12.9. The van der Waals surface area contributed by atoms with Crippen molar-refractivity contribution in [2.75, 3.05) is 5.75 Å². The summed E-state index contributed by atoms with van der Waals surface area (Å²) in [7, 11) is 0. The van der Waals surface area contributed by atoms with Gasteiger partial charge in [0.2, 0.25) is 0 Å². The molecule has 0 unspecified atom stereocenters. The van der Waals surface area contributed by atoms with E-state index in [2.05, 4.69) is 10.6 Å². The zero-order chi connectivity index (χ0) is 19.4. The van der Waals surface area contributed by atoms with Crippen LogP contribution in [-0.2, 0) is 9.53 Å². The van der Waals surface area contributed by atoms with Gasteiger partial charge in [-0.05, 0) is 31.5 Å². The summed E-state index contributed by atoms with van der Waals surface area (Å²) in [5.74, 6) is -0.513. The lowest BCUT2D eigenvalue weighted by atomic mass is 10.1. The minimum absolute atomic E-state index is 0.295. The largest absolute Gasteiger partial charge is 0.454 e. The first-order valence-corrected chi connectivity index (χ1v) is 9.49. The molecule has 6 nitrogen and oxygen atoms in total. The van der Waals surface area contributed by atoms with Crippen LogP contribution < -0.4 is 10.6 Å². The van der Waals surface area contributed by atoms with Crippen molar-refractivity contribution in [3.8, 4) is 0 Å². The van der Waals surface area contributed by atoms with Crippen LogP contribution in [0.3, 0.4) is 0 Å². The third kappa shape index (κ3) is 4.31. The van der Waals surface area contributed by atoms with Crippen molar-refractivity contribution < 1.29 is 19.1 Å². The number of amides is 3. The molecule has 1 heterocycles. The van der Waals surface area contributed by atoms with Crippen LogP contribution in [0.1, 0.15) is 35.9 Å². The van der Waals surface area contributed by atoms with Crippen molar-refractivity contribution in [3.63, 3.8) is 0 Å². The zero-order valence-corrected chi connectivity index (χ0v) is 15.8. The fourth-order valence-corrected chi connectivity index (χ4v) is 3.81. The van der Waals surface area contributed by atoms with E-state index in [0.29, 0.717) is 16.2 Å². The third-order valence-corrected chi connectivity index (χ3v) is 5.68. The van der Waals surface area contributed by atoms with Crippen LogP contribution in [0.5, 0.6) is 0 Å². The molecule has 0 saturated carbocycles. The van der Waals surface area contributed by atoms with E-state index in [4.69, 9.17) is 4.74 Å². The van der Waals surface area contributed by atoms with E-state index >= 15 is 0 Å². The summed E-state index contributed by atoms with van der Waals surface area (Å²) in [6.45, 7) is 3.47. The topological polar surface area (TPSA) is 84.5 Å². The number of esters is 1. The van der Waals surface area contributed by atoms with E-state index in [1.807, 2.05) is 43.3 Å². The van der Waals surface area contributed by atoms with Crippen LogP contribution in [0.2, 0.25) is 0 Å². The molecule has 2 atom stereocenters. The lowest BCUT2D eigenvalue weighted by Gasteiger charge is -2.20. The molecule has 1 saturated heterocycles. The second-order valence-corrected chi connectivity index (χ2v) is 7.50. The fourth-order valence-electron chi connectivity index (χ4n) is 2.68. The van der Waals surface area contributed by atoms with Gasteiger partial charge in [0.05, 0.1) is 5.56 Å². The normalized spacial score (nSPS) is 19.9. The fraction of sp³-hybridized carbons (Fsp3) is 0.250. The van der Waals surface area contributed by atoms with Crippen molar-refractivity contribution in [1.29, 1.82) is 0 Å². The highest BCUT2D eigenvalue weighted by molar-refractivity contribution is 7.99. The van der Waals surface area contributed by atoms with Gasteiger partial charge in [0, 0.05) is 10.6 Å². The summed E-state index contributed by atoms with van der Waals surface area (Å²) in [4.78, 5) is 36.7. The van der Waals surface area contributed by atoms with Gasteiger partial charge < -0.3 is 10.1 Å². The minimum Gasteiger partial charge on any atom is -0.454 e. The van der Waals surface area contributed by atoms with Gasteiger partial charge in [-0.3, -0.25) is 10.1 Å². The zero-order valence-electron chi connectivity index (χ0n) is 15.0. The number of carbonyl (C=O) groups excluding carboxylic acids is 3. The van der Waals surface area contributed by atoms with Gasteiger partial charge >= 0.3 is 12.0 Å². The molecule has 0 radical (unpaired) electrons. The number of urea groups is 1. The van der Waals surface area contributed by atoms with Crippen molar-refractivity contribution in [3.05, 3.63) is 65.7 Å². The minimum atomic E-state index is -1.02. The van der Waals surface area contributed by atoms with Crippen LogP contribution in [0.15, 0.2) is 59.5 Å². The molecule has 0 aromatic heterocycles. The molecule has 2 N–H and O–H groups in total. The molecule has 140 valence electrons. The average molecular weight is 384 g/mol. The molecule has 0 spiro atoms. The molecule has 0 bridgehead atoms. The Bertz CT molecular complexity index is 871. The average Bonchev–Trinajstić information content (AvgIpc) is 2.93. The highest BCUT2D eigenvalue weighted by Crippen LogP contribution is 2.29. The van der Waals surface area contributed by atoms with E-state index in [-0.39, 0.29) is 12.0 Å². The Labute approximate surface area is 161 Å². The highest BCUT2D eigenvalue weighted by atomic mass is 32.2. The number of benzene rings is 2. The van der Waals surface area contributed by atoms with Crippen LogP contribution in [0.25, 0.3) is 0 Å². The molecule has 1 aliphatic rings. The second-order valence-electron chi connectivity index (χ2n) is 6.48. The van der Waals surface area contributed by atoms with E-state index in [1.54, 1.807) is 25.1 Å². The Morgan fingerprint density at radius 1 is 1.11 bits per heavy atom. The molecule has 1 aliphatic heterocycles. The van der Waals surface area contributed by atoms with E-state index in [1.165, 1.54) is 11.8 Å². The molecule has 2 aromatic rings. The molecule has 2 aromatic carbocycles. The summed E-state index contributed by atoms with van der Waals surface area (Å²) in [5.41, 5.74) is 0.322. The lowest BCUT2D eigenvalue weighted by molar-refractivity contribution is -0.122. The molecular formula is C20H20N2O4S. The maximum Gasteiger partial charge on any atom is 0.339 e. The lowest BCUT2D eigenvalue weighted by Crippen LogP contribution is -2.46. The number of carbonyl (C=O) groups is 3. The number of hydrogen-bond acceptors (Lipinski definition) is 5. The first-order valence-electron chi connectivity index (χ1n) is 8.50. The van der Waals surface area contributed by atoms with E-state index < -0.39 is 17.5 Å². The van der Waals surface area contributed by atoms with Crippen LogP contribution >= 0.6 is 11.8 Å². The van der Waals surface area contributed by atoms with Gasteiger partial charge in [0.15, 0.2) is 0 Å². The third-order valence-electron chi connectivity index (χ3n) is 4.29. The number of ether oxygens (including phenoxy) is 1. The molecule has 1 fully saturated rings. The van der Waals surface area contributed by atoms with Crippen LogP contribution in [0.4, 0.5) is 4.79 Å². The Morgan fingerprint density at radius 2 is 1.78 bits per heavy atom. The van der Waals surface area contributed by atoms with Gasteiger partial charge in [0.25, 0.3) is 5.91 Å². The predicted octanol–water partition coefficient (Wildman–Crippen LogP) is 3.29. The quantitative estimate of drug-likeness (QED) is 0.454. The van der Waals surface area contributed by atoms with Gasteiger partial charge in [-0.1, -0.05) is 42.5 Å². The summed E-state index contributed by atoms with van der Waals surface area (Å²) in [6, 6.07) is 16.1. The molecular weight excluding hydrogens is 364 g/mol. The maximum absolute atomic E-state index is 12.7.